The molecule has 1 aliphatic heterocycles. The van der Waals surface area contributed by atoms with Crippen molar-refractivity contribution in [3.05, 3.63) is 94.9 Å². The van der Waals surface area contributed by atoms with Crippen LogP contribution in [-0.4, -0.2) is 28.3 Å². The van der Waals surface area contributed by atoms with Crippen LogP contribution in [0.4, 0.5) is 5.69 Å². The summed E-state index contributed by atoms with van der Waals surface area (Å²) in [6, 6.07) is 16.8. The van der Waals surface area contributed by atoms with Gasteiger partial charge in [0.15, 0.2) is 0 Å². The van der Waals surface area contributed by atoms with E-state index in [9.17, 15) is 9.59 Å². The fraction of sp³-hybridized carbons (Fsp3) is 0.192. The minimum absolute atomic E-state index is 0.157. The highest BCUT2D eigenvalue weighted by Gasteiger charge is 2.39. The Labute approximate surface area is 187 Å². The normalized spacial score (nSPS) is 13.7. The van der Waals surface area contributed by atoms with Gasteiger partial charge >= 0.3 is 0 Å². The largest absolute Gasteiger partial charge is 0.494 e. The average Bonchev–Trinajstić information content (AvgIpc) is 3.01. The molecule has 0 saturated carbocycles. The summed E-state index contributed by atoms with van der Waals surface area (Å²) in [5, 5.41) is 3.19. The Bertz CT molecular complexity index is 1200. The zero-order chi connectivity index (χ0) is 22.7. The predicted octanol–water partition coefficient (Wildman–Crippen LogP) is 4.49. The van der Waals surface area contributed by atoms with E-state index in [2.05, 4.69) is 10.3 Å². The minimum atomic E-state index is -0.367. The molecule has 3 aromatic rings. The highest BCUT2D eigenvalue weighted by molar-refractivity contribution is 6.36. The van der Waals surface area contributed by atoms with E-state index in [1.807, 2.05) is 69.3 Å². The number of anilines is 1. The van der Waals surface area contributed by atoms with Gasteiger partial charge in [0.2, 0.25) is 0 Å². The van der Waals surface area contributed by atoms with Gasteiger partial charge in [0.05, 0.1) is 18.7 Å². The first-order valence-corrected chi connectivity index (χ1v) is 10.5. The molecule has 0 atom stereocenters. The second kappa shape index (κ2) is 9.06. The second-order valence-corrected chi connectivity index (χ2v) is 7.69. The van der Waals surface area contributed by atoms with Crippen LogP contribution in [0.2, 0.25) is 0 Å². The Hall–Kier alpha value is -3.93. The molecule has 6 heteroatoms. The van der Waals surface area contributed by atoms with E-state index in [0.29, 0.717) is 29.2 Å². The van der Waals surface area contributed by atoms with Crippen molar-refractivity contribution in [2.24, 2.45) is 0 Å². The molecule has 0 aliphatic carbocycles. The molecule has 4 rings (SSSR count). The smallest absolute Gasteiger partial charge is 0.278 e. The fourth-order valence-electron chi connectivity index (χ4n) is 3.65. The van der Waals surface area contributed by atoms with E-state index in [4.69, 9.17) is 4.74 Å². The van der Waals surface area contributed by atoms with Crippen molar-refractivity contribution in [2.45, 2.75) is 27.3 Å². The quantitative estimate of drug-likeness (QED) is 0.563. The van der Waals surface area contributed by atoms with Crippen LogP contribution in [0.3, 0.4) is 0 Å². The van der Waals surface area contributed by atoms with E-state index in [1.165, 1.54) is 4.90 Å². The molecule has 0 saturated heterocycles. The van der Waals surface area contributed by atoms with Crippen molar-refractivity contribution < 1.29 is 14.3 Å². The van der Waals surface area contributed by atoms with E-state index in [-0.39, 0.29) is 24.1 Å². The lowest BCUT2D eigenvalue weighted by molar-refractivity contribution is -0.137. The van der Waals surface area contributed by atoms with Gasteiger partial charge in [-0.15, -0.1) is 0 Å². The van der Waals surface area contributed by atoms with Crippen LogP contribution < -0.4 is 10.1 Å². The number of nitrogens with one attached hydrogen (secondary N) is 1. The Morgan fingerprint density at radius 1 is 0.969 bits per heavy atom. The van der Waals surface area contributed by atoms with Gasteiger partial charge in [0.1, 0.15) is 11.4 Å². The number of rotatable bonds is 7. The van der Waals surface area contributed by atoms with Gasteiger partial charge in [-0.2, -0.15) is 0 Å². The lowest BCUT2D eigenvalue weighted by Gasteiger charge is -2.15. The summed E-state index contributed by atoms with van der Waals surface area (Å²) >= 11 is 0. The molecule has 0 radical (unpaired) electrons. The first-order valence-electron chi connectivity index (χ1n) is 10.5. The third-order valence-corrected chi connectivity index (χ3v) is 5.44. The molecular weight excluding hydrogens is 402 g/mol. The summed E-state index contributed by atoms with van der Waals surface area (Å²) in [6.07, 6.45) is 3.32. The fourth-order valence-corrected chi connectivity index (χ4v) is 3.65. The van der Waals surface area contributed by atoms with Crippen LogP contribution in [0, 0.1) is 13.8 Å². The number of hydrogen-bond donors (Lipinski definition) is 1. The molecule has 0 unspecified atom stereocenters. The maximum absolute atomic E-state index is 13.4. The molecule has 162 valence electrons. The molecule has 2 amide bonds. The second-order valence-electron chi connectivity index (χ2n) is 7.69. The van der Waals surface area contributed by atoms with Crippen LogP contribution in [0.25, 0.3) is 5.57 Å². The number of imide groups is 1. The molecule has 2 heterocycles. The number of carbonyl (C=O) groups excluding carboxylic acids is 2. The van der Waals surface area contributed by atoms with E-state index >= 15 is 0 Å². The topological polar surface area (TPSA) is 71.5 Å². The maximum atomic E-state index is 13.4. The van der Waals surface area contributed by atoms with E-state index in [1.54, 1.807) is 18.5 Å². The number of pyridine rings is 1. The first kappa shape index (κ1) is 21.3. The molecule has 1 aromatic heterocycles. The standard InChI is InChI=1S/C26H25N3O3/c1-4-32-22-9-5-8-21(14-22)28-24-23(20-11-10-17(2)18(3)13-20)25(30)29(26(24)31)16-19-7-6-12-27-15-19/h5-15,28H,4,16H2,1-3H3. The SMILES string of the molecule is CCOc1cccc(NC2=C(c3ccc(C)c(C)c3)C(=O)N(Cc3cccnc3)C2=O)c1. The molecule has 0 fully saturated rings. The molecule has 2 aromatic carbocycles. The molecule has 0 spiro atoms. The molecule has 0 bridgehead atoms. The number of hydrogen-bond acceptors (Lipinski definition) is 5. The summed E-state index contributed by atoms with van der Waals surface area (Å²) in [5.74, 6) is -0.00529. The number of benzene rings is 2. The lowest BCUT2D eigenvalue weighted by Crippen LogP contribution is -2.32. The molecule has 32 heavy (non-hydrogen) atoms. The Kier molecular flexibility index (Phi) is 6.03. The number of ether oxygens (including phenoxy) is 1. The third kappa shape index (κ3) is 4.25. The van der Waals surface area contributed by atoms with Gasteiger partial charge < -0.3 is 10.1 Å². The van der Waals surface area contributed by atoms with E-state index < -0.39 is 0 Å². The Balaban J connectivity index is 1.75. The van der Waals surface area contributed by atoms with Crippen LogP contribution >= 0.6 is 0 Å². The van der Waals surface area contributed by atoms with Gasteiger partial charge in [-0.1, -0.05) is 30.3 Å². The van der Waals surface area contributed by atoms with Crippen molar-refractivity contribution in [3.63, 3.8) is 0 Å². The number of amides is 2. The van der Waals surface area contributed by atoms with Crippen molar-refractivity contribution in [3.8, 4) is 5.75 Å². The molecule has 1 aliphatic rings. The van der Waals surface area contributed by atoms with E-state index in [0.717, 1.165) is 16.7 Å². The number of carbonyl (C=O) groups is 2. The Morgan fingerprint density at radius 3 is 2.53 bits per heavy atom. The van der Waals surface area contributed by atoms with Gasteiger partial charge in [-0.25, -0.2) is 0 Å². The zero-order valence-corrected chi connectivity index (χ0v) is 18.4. The van der Waals surface area contributed by atoms with Crippen molar-refractivity contribution in [1.82, 2.24) is 9.88 Å². The number of aryl methyl sites for hydroxylation is 2. The lowest BCUT2D eigenvalue weighted by atomic mass is 9.99. The van der Waals surface area contributed by atoms with Gasteiger partial charge in [0, 0.05) is 24.1 Å². The molecule has 6 nitrogen and oxygen atoms in total. The Morgan fingerprint density at radius 2 is 1.81 bits per heavy atom. The first-order chi connectivity index (χ1) is 15.5. The highest BCUT2D eigenvalue weighted by atomic mass is 16.5. The zero-order valence-electron chi connectivity index (χ0n) is 18.4. The van der Waals surface area contributed by atoms with Crippen LogP contribution in [0.5, 0.6) is 5.75 Å². The summed E-state index contributed by atoms with van der Waals surface area (Å²) in [5.41, 5.74) is 4.98. The van der Waals surface area contributed by atoms with Crippen molar-refractivity contribution in [2.75, 3.05) is 11.9 Å². The summed E-state index contributed by atoms with van der Waals surface area (Å²) in [7, 11) is 0. The third-order valence-electron chi connectivity index (χ3n) is 5.44. The average molecular weight is 428 g/mol. The molecule has 1 N–H and O–H groups in total. The number of nitrogens with zero attached hydrogens (tertiary/aromatic N) is 2. The van der Waals surface area contributed by atoms with Gasteiger partial charge in [-0.05, 0) is 61.2 Å². The predicted molar refractivity (Wildman–Crippen MR) is 124 cm³/mol. The minimum Gasteiger partial charge on any atom is -0.494 e. The summed E-state index contributed by atoms with van der Waals surface area (Å²) in [4.78, 5) is 32.2. The van der Waals surface area contributed by atoms with Crippen LogP contribution in [0.15, 0.2) is 72.7 Å². The summed E-state index contributed by atoms with van der Waals surface area (Å²) < 4.78 is 5.57. The number of aromatic nitrogens is 1. The van der Waals surface area contributed by atoms with Crippen molar-refractivity contribution in [1.29, 1.82) is 0 Å². The van der Waals surface area contributed by atoms with Crippen molar-refractivity contribution >= 4 is 23.1 Å². The van der Waals surface area contributed by atoms with Gasteiger partial charge in [0.25, 0.3) is 11.8 Å². The molecular formula is C26H25N3O3. The van der Waals surface area contributed by atoms with Gasteiger partial charge in [-0.3, -0.25) is 19.5 Å². The van der Waals surface area contributed by atoms with Crippen LogP contribution in [-0.2, 0) is 16.1 Å². The maximum Gasteiger partial charge on any atom is 0.278 e. The monoisotopic (exact) mass is 427 g/mol. The highest BCUT2D eigenvalue weighted by Crippen LogP contribution is 2.33. The summed E-state index contributed by atoms with van der Waals surface area (Å²) in [6.45, 7) is 6.62. The van der Waals surface area contributed by atoms with Crippen LogP contribution in [0.1, 0.15) is 29.2 Å².